The number of rotatable bonds is 6. The Morgan fingerprint density at radius 1 is 1.03 bits per heavy atom. The number of aromatic hydroxyl groups is 1. The minimum Gasteiger partial charge on any atom is -0.505 e. The topological polar surface area (TPSA) is 78.0 Å². The molecule has 1 heterocycles. The monoisotopic (exact) mass is 415 g/mol. The van der Waals surface area contributed by atoms with Gasteiger partial charge in [-0.1, -0.05) is 67.6 Å². The maximum absolute atomic E-state index is 14.0. The highest BCUT2D eigenvalue weighted by Crippen LogP contribution is 2.29. The molecule has 0 saturated carbocycles. The fourth-order valence-electron chi connectivity index (χ4n) is 3.47. The molecular weight excluding hydrogens is 393 g/mol. The van der Waals surface area contributed by atoms with Gasteiger partial charge < -0.3 is 15.4 Å². The molecule has 3 N–H and O–H groups in total. The normalized spacial score (nSPS) is 11.8. The van der Waals surface area contributed by atoms with Gasteiger partial charge in [-0.25, -0.2) is 9.37 Å². The van der Waals surface area contributed by atoms with Crippen LogP contribution in [0, 0.1) is 5.82 Å². The predicted molar refractivity (Wildman–Crippen MR) is 118 cm³/mol. The summed E-state index contributed by atoms with van der Waals surface area (Å²) < 4.78 is 14.0. The van der Waals surface area contributed by atoms with E-state index in [0.29, 0.717) is 23.5 Å². The molecule has 0 spiro atoms. The van der Waals surface area contributed by atoms with E-state index in [4.69, 9.17) is 0 Å². The van der Waals surface area contributed by atoms with Crippen LogP contribution in [-0.4, -0.2) is 21.0 Å². The van der Waals surface area contributed by atoms with Gasteiger partial charge in [0, 0.05) is 11.1 Å². The number of nitrogens with zero attached hydrogens (tertiary/aromatic N) is 1. The van der Waals surface area contributed by atoms with E-state index in [1.807, 2.05) is 67.6 Å². The molecule has 1 atom stereocenters. The molecule has 156 valence electrons. The second-order valence-corrected chi connectivity index (χ2v) is 7.19. The van der Waals surface area contributed by atoms with Crippen molar-refractivity contribution < 1.29 is 14.3 Å². The third-order valence-corrected chi connectivity index (χ3v) is 5.11. The van der Waals surface area contributed by atoms with Crippen LogP contribution in [0.15, 0.2) is 78.9 Å². The van der Waals surface area contributed by atoms with Crippen LogP contribution in [-0.2, 0) is 0 Å². The number of phenols is 1. The molecule has 1 aromatic heterocycles. The highest BCUT2D eigenvalue weighted by Gasteiger charge is 2.22. The Kier molecular flexibility index (Phi) is 5.80. The molecule has 1 amide bonds. The summed E-state index contributed by atoms with van der Waals surface area (Å²) >= 11 is 0. The van der Waals surface area contributed by atoms with Gasteiger partial charge >= 0.3 is 0 Å². The Morgan fingerprint density at radius 2 is 1.71 bits per heavy atom. The number of aromatic nitrogens is 2. The van der Waals surface area contributed by atoms with Gasteiger partial charge in [0.05, 0.1) is 6.04 Å². The van der Waals surface area contributed by atoms with Gasteiger partial charge in [-0.2, -0.15) is 0 Å². The number of benzene rings is 3. The number of amides is 1. The van der Waals surface area contributed by atoms with Crippen molar-refractivity contribution in [3.63, 3.8) is 0 Å². The van der Waals surface area contributed by atoms with Gasteiger partial charge in [-0.05, 0) is 30.2 Å². The number of nitrogens with one attached hydrogen (secondary N) is 2. The molecular formula is C25H22FN3O2. The lowest BCUT2D eigenvalue weighted by Crippen LogP contribution is -2.28. The summed E-state index contributed by atoms with van der Waals surface area (Å²) in [6, 6.07) is 22.9. The molecule has 0 saturated heterocycles. The molecule has 0 aliphatic heterocycles. The maximum atomic E-state index is 14.0. The zero-order valence-electron chi connectivity index (χ0n) is 17.0. The molecule has 5 nitrogen and oxygen atoms in total. The average Bonchev–Trinajstić information content (AvgIpc) is 3.26. The Hall–Kier alpha value is -3.93. The van der Waals surface area contributed by atoms with Crippen LogP contribution in [0.4, 0.5) is 4.39 Å². The molecule has 4 aromatic rings. The molecule has 0 fully saturated rings. The maximum Gasteiger partial charge on any atom is 0.270 e. The Bertz CT molecular complexity index is 1190. The molecule has 0 bridgehead atoms. The number of halogens is 1. The average molecular weight is 415 g/mol. The summed E-state index contributed by atoms with van der Waals surface area (Å²) in [7, 11) is 0. The Labute approximate surface area is 179 Å². The highest BCUT2D eigenvalue weighted by molar-refractivity contribution is 5.99. The van der Waals surface area contributed by atoms with Crippen LogP contribution in [0.1, 0.15) is 35.4 Å². The van der Waals surface area contributed by atoms with E-state index in [9.17, 15) is 14.3 Å². The smallest absolute Gasteiger partial charge is 0.270 e. The van der Waals surface area contributed by atoms with E-state index < -0.39 is 11.6 Å². The molecule has 0 aliphatic carbocycles. The lowest BCUT2D eigenvalue weighted by atomic mass is 10.0. The molecule has 0 radical (unpaired) electrons. The first-order valence-corrected chi connectivity index (χ1v) is 10.1. The van der Waals surface area contributed by atoms with E-state index in [1.165, 1.54) is 18.2 Å². The largest absolute Gasteiger partial charge is 0.505 e. The van der Waals surface area contributed by atoms with Crippen molar-refractivity contribution in [2.45, 2.75) is 19.4 Å². The van der Waals surface area contributed by atoms with E-state index >= 15 is 0 Å². The van der Waals surface area contributed by atoms with E-state index in [0.717, 1.165) is 11.1 Å². The summed E-state index contributed by atoms with van der Waals surface area (Å²) in [5, 5.41) is 12.6. The molecule has 31 heavy (non-hydrogen) atoms. The van der Waals surface area contributed by atoms with Crippen LogP contribution < -0.4 is 5.32 Å². The summed E-state index contributed by atoms with van der Waals surface area (Å²) in [6.07, 6.45) is 0.707. The third kappa shape index (κ3) is 4.33. The van der Waals surface area contributed by atoms with Gasteiger partial charge in [0.1, 0.15) is 17.2 Å². The Morgan fingerprint density at radius 3 is 2.35 bits per heavy atom. The SMILES string of the molecule is CCC(NC(=O)c1[nH]c(-c2ccccc2)nc1-c1ccc(O)c(F)c1)c1ccccc1. The minimum absolute atomic E-state index is 0.179. The van der Waals surface area contributed by atoms with Gasteiger partial charge in [-0.15, -0.1) is 0 Å². The first-order valence-electron chi connectivity index (χ1n) is 10.1. The zero-order chi connectivity index (χ0) is 21.8. The van der Waals surface area contributed by atoms with Crippen molar-refractivity contribution in [3.05, 3.63) is 95.9 Å². The molecule has 6 heteroatoms. The summed E-state index contributed by atoms with van der Waals surface area (Å²) in [4.78, 5) is 20.9. The van der Waals surface area contributed by atoms with E-state index in [1.54, 1.807) is 0 Å². The van der Waals surface area contributed by atoms with Crippen molar-refractivity contribution in [2.75, 3.05) is 0 Å². The number of H-pyrrole nitrogens is 1. The first kappa shape index (κ1) is 20.3. The number of hydrogen-bond donors (Lipinski definition) is 3. The number of carbonyl (C=O) groups excluding carboxylic acids is 1. The summed E-state index contributed by atoms with van der Waals surface area (Å²) in [6.45, 7) is 2.00. The number of phenolic OH excluding ortho intramolecular Hbond substituents is 1. The molecule has 4 rings (SSSR count). The van der Waals surface area contributed by atoms with Crippen molar-refractivity contribution in [3.8, 4) is 28.4 Å². The van der Waals surface area contributed by atoms with Gasteiger partial charge in [-0.3, -0.25) is 4.79 Å². The highest BCUT2D eigenvalue weighted by atomic mass is 19.1. The fraction of sp³-hybridized carbons (Fsp3) is 0.120. The quantitative estimate of drug-likeness (QED) is 0.391. The van der Waals surface area contributed by atoms with Crippen LogP contribution in [0.2, 0.25) is 0 Å². The molecule has 3 aromatic carbocycles. The first-order chi connectivity index (χ1) is 15.1. The van der Waals surface area contributed by atoms with E-state index in [2.05, 4.69) is 15.3 Å². The third-order valence-electron chi connectivity index (χ3n) is 5.11. The van der Waals surface area contributed by atoms with Gasteiger partial charge in [0.15, 0.2) is 11.6 Å². The number of hydrogen-bond acceptors (Lipinski definition) is 3. The van der Waals surface area contributed by atoms with Gasteiger partial charge in [0.25, 0.3) is 5.91 Å². The van der Waals surface area contributed by atoms with Gasteiger partial charge in [0.2, 0.25) is 0 Å². The van der Waals surface area contributed by atoms with Crippen molar-refractivity contribution in [1.82, 2.24) is 15.3 Å². The molecule has 1 unspecified atom stereocenters. The predicted octanol–water partition coefficient (Wildman–Crippen LogP) is 5.47. The van der Waals surface area contributed by atoms with Crippen LogP contribution >= 0.6 is 0 Å². The number of carbonyl (C=O) groups is 1. The standard InChI is InChI=1S/C25H22FN3O2/c1-2-20(16-9-5-3-6-10-16)27-25(31)23-22(18-13-14-21(30)19(26)15-18)28-24(29-23)17-11-7-4-8-12-17/h3-15,20,30H,2H2,1H3,(H,27,31)(H,28,29). The van der Waals surface area contributed by atoms with Crippen LogP contribution in [0.25, 0.3) is 22.6 Å². The number of aromatic amines is 1. The van der Waals surface area contributed by atoms with Crippen LogP contribution in [0.3, 0.4) is 0 Å². The lowest BCUT2D eigenvalue weighted by Gasteiger charge is -2.17. The van der Waals surface area contributed by atoms with Crippen molar-refractivity contribution in [2.24, 2.45) is 0 Å². The lowest BCUT2D eigenvalue weighted by molar-refractivity contribution is 0.0932. The second kappa shape index (κ2) is 8.83. The summed E-state index contributed by atoms with van der Waals surface area (Å²) in [5.41, 5.74) is 2.75. The van der Waals surface area contributed by atoms with E-state index in [-0.39, 0.29) is 17.6 Å². The Balaban J connectivity index is 1.75. The van der Waals surface area contributed by atoms with Crippen molar-refractivity contribution in [1.29, 1.82) is 0 Å². The second-order valence-electron chi connectivity index (χ2n) is 7.19. The van der Waals surface area contributed by atoms with Crippen molar-refractivity contribution >= 4 is 5.91 Å². The number of imidazole rings is 1. The van der Waals surface area contributed by atoms with Crippen LogP contribution in [0.5, 0.6) is 5.75 Å². The summed E-state index contributed by atoms with van der Waals surface area (Å²) in [5.74, 6) is -1.07. The minimum atomic E-state index is -0.774. The zero-order valence-corrected chi connectivity index (χ0v) is 17.0. The fourth-order valence-corrected chi connectivity index (χ4v) is 3.47. The molecule has 0 aliphatic rings.